The third kappa shape index (κ3) is 3.92. The third-order valence-corrected chi connectivity index (χ3v) is 4.81. The summed E-state index contributed by atoms with van der Waals surface area (Å²) < 4.78 is 0. The van der Waals surface area contributed by atoms with Crippen LogP contribution in [0.3, 0.4) is 0 Å². The number of benzene rings is 1. The Bertz CT molecular complexity index is 582. The molecule has 0 unspecified atom stereocenters. The van der Waals surface area contributed by atoms with Crippen molar-refractivity contribution in [2.75, 3.05) is 6.54 Å². The van der Waals surface area contributed by atoms with E-state index in [-0.39, 0.29) is 11.8 Å². The highest BCUT2D eigenvalue weighted by Gasteiger charge is 2.47. The molecule has 1 aliphatic heterocycles. The first kappa shape index (κ1) is 17.5. The van der Waals surface area contributed by atoms with E-state index in [4.69, 9.17) is 0 Å². The average molecular weight is 316 g/mol. The van der Waals surface area contributed by atoms with E-state index in [1.54, 1.807) is 4.90 Å². The summed E-state index contributed by atoms with van der Waals surface area (Å²) in [5, 5.41) is 3.01. The molecule has 1 atom stereocenters. The lowest BCUT2D eigenvalue weighted by atomic mass is 9.96. The number of nitrogens with zero attached hydrogens (tertiary/aromatic N) is 1. The quantitative estimate of drug-likeness (QED) is 0.877. The minimum absolute atomic E-state index is 0.0300. The number of rotatable bonds is 6. The molecule has 1 heterocycles. The van der Waals surface area contributed by atoms with E-state index in [1.807, 2.05) is 38.1 Å². The van der Waals surface area contributed by atoms with E-state index >= 15 is 0 Å². The van der Waals surface area contributed by atoms with Crippen molar-refractivity contribution in [2.45, 2.75) is 59.0 Å². The smallest absolute Gasteiger partial charge is 0.245 e. The number of hydrogen-bond donors (Lipinski definition) is 1. The van der Waals surface area contributed by atoms with E-state index in [0.717, 1.165) is 17.5 Å². The second kappa shape index (κ2) is 7.16. The standard InChI is InChI=1S/C19H28N2O2/c1-14(2)10-12-20-18(23)19(4)11-9-17(22)21(19)13-16-8-6-5-7-15(16)3/h5-8,14H,9-13H2,1-4H3,(H,20,23)/t19-/m0/s1. The highest BCUT2D eigenvalue weighted by Crippen LogP contribution is 2.32. The third-order valence-electron chi connectivity index (χ3n) is 4.81. The molecule has 0 aromatic heterocycles. The van der Waals surface area contributed by atoms with Crippen molar-refractivity contribution in [2.24, 2.45) is 5.92 Å². The Balaban J connectivity index is 2.11. The van der Waals surface area contributed by atoms with Gasteiger partial charge in [0.15, 0.2) is 0 Å². The van der Waals surface area contributed by atoms with Gasteiger partial charge in [0.05, 0.1) is 0 Å². The second-order valence-corrected chi connectivity index (χ2v) is 7.12. The van der Waals surface area contributed by atoms with Gasteiger partial charge in [0, 0.05) is 19.5 Å². The fourth-order valence-corrected chi connectivity index (χ4v) is 3.02. The molecule has 0 radical (unpaired) electrons. The van der Waals surface area contributed by atoms with E-state index in [9.17, 15) is 9.59 Å². The van der Waals surface area contributed by atoms with Crippen LogP contribution in [0.4, 0.5) is 0 Å². The van der Waals surface area contributed by atoms with Gasteiger partial charge in [0.1, 0.15) is 5.54 Å². The van der Waals surface area contributed by atoms with Crippen molar-refractivity contribution >= 4 is 11.8 Å². The van der Waals surface area contributed by atoms with E-state index < -0.39 is 5.54 Å². The summed E-state index contributed by atoms with van der Waals surface area (Å²) in [6, 6.07) is 8.03. The normalized spacial score (nSPS) is 21.1. The highest BCUT2D eigenvalue weighted by atomic mass is 16.2. The number of likely N-dealkylation sites (tertiary alicyclic amines) is 1. The van der Waals surface area contributed by atoms with Crippen molar-refractivity contribution < 1.29 is 9.59 Å². The Labute approximate surface area is 139 Å². The molecular formula is C19H28N2O2. The first-order valence-corrected chi connectivity index (χ1v) is 8.48. The van der Waals surface area contributed by atoms with Crippen molar-refractivity contribution in [3.8, 4) is 0 Å². The molecule has 1 saturated heterocycles. The molecule has 0 aliphatic carbocycles. The molecule has 1 aromatic rings. The maximum absolute atomic E-state index is 12.7. The van der Waals surface area contributed by atoms with Crippen molar-refractivity contribution in [1.82, 2.24) is 10.2 Å². The molecule has 0 spiro atoms. The Hall–Kier alpha value is -1.84. The molecule has 1 aliphatic rings. The van der Waals surface area contributed by atoms with Gasteiger partial charge in [-0.2, -0.15) is 0 Å². The topological polar surface area (TPSA) is 49.4 Å². The van der Waals surface area contributed by atoms with Crippen LogP contribution >= 0.6 is 0 Å². The average Bonchev–Trinajstić information content (AvgIpc) is 2.78. The van der Waals surface area contributed by atoms with E-state index in [2.05, 4.69) is 19.2 Å². The van der Waals surface area contributed by atoms with Gasteiger partial charge in [-0.15, -0.1) is 0 Å². The first-order chi connectivity index (χ1) is 10.8. The van der Waals surface area contributed by atoms with Gasteiger partial charge in [-0.3, -0.25) is 9.59 Å². The lowest BCUT2D eigenvalue weighted by molar-refractivity contribution is -0.141. The fourth-order valence-electron chi connectivity index (χ4n) is 3.02. The molecule has 23 heavy (non-hydrogen) atoms. The van der Waals surface area contributed by atoms with Crippen LogP contribution < -0.4 is 5.32 Å². The number of nitrogens with one attached hydrogen (secondary N) is 1. The molecule has 2 amide bonds. The van der Waals surface area contributed by atoms with Crippen LogP contribution in [0.25, 0.3) is 0 Å². The summed E-state index contributed by atoms with van der Waals surface area (Å²) in [5.41, 5.74) is 1.51. The number of amides is 2. The predicted octanol–water partition coefficient (Wildman–Crippen LogP) is 3.04. The zero-order valence-electron chi connectivity index (χ0n) is 14.7. The lowest BCUT2D eigenvalue weighted by Crippen LogP contribution is -2.54. The number of carbonyl (C=O) groups is 2. The van der Waals surface area contributed by atoms with Crippen LogP contribution in [-0.2, 0) is 16.1 Å². The Morgan fingerprint density at radius 3 is 2.70 bits per heavy atom. The van der Waals surface area contributed by atoms with Gasteiger partial charge < -0.3 is 10.2 Å². The van der Waals surface area contributed by atoms with Crippen LogP contribution in [0.5, 0.6) is 0 Å². The van der Waals surface area contributed by atoms with E-state index in [0.29, 0.717) is 31.8 Å². The molecule has 126 valence electrons. The Morgan fingerprint density at radius 1 is 1.35 bits per heavy atom. The second-order valence-electron chi connectivity index (χ2n) is 7.12. The molecule has 0 saturated carbocycles. The molecule has 1 fully saturated rings. The van der Waals surface area contributed by atoms with Gasteiger partial charge in [-0.1, -0.05) is 38.1 Å². The van der Waals surface area contributed by atoms with Crippen LogP contribution in [0.15, 0.2) is 24.3 Å². The summed E-state index contributed by atoms with van der Waals surface area (Å²) in [6.45, 7) is 9.36. The molecular weight excluding hydrogens is 288 g/mol. The number of hydrogen-bond acceptors (Lipinski definition) is 2. The number of carbonyl (C=O) groups excluding carboxylic acids is 2. The summed E-state index contributed by atoms with van der Waals surface area (Å²) in [6.07, 6.45) is 1.98. The maximum atomic E-state index is 12.7. The molecule has 0 bridgehead atoms. The van der Waals surface area contributed by atoms with Gasteiger partial charge in [0.2, 0.25) is 11.8 Å². The van der Waals surface area contributed by atoms with Gasteiger partial charge in [-0.25, -0.2) is 0 Å². The zero-order valence-corrected chi connectivity index (χ0v) is 14.7. The summed E-state index contributed by atoms with van der Waals surface area (Å²) in [4.78, 5) is 26.8. The fraction of sp³-hybridized carbons (Fsp3) is 0.579. The van der Waals surface area contributed by atoms with Crippen LogP contribution in [0, 0.1) is 12.8 Å². The minimum atomic E-state index is -0.740. The minimum Gasteiger partial charge on any atom is -0.354 e. The van der Waals surface area contributed by atoms with Crippen molar-refractivity contribution in [3.63, 3.8) is 0 Å². The Kier molecular flexibility index (Phi) is 5.45. The van der Waals surface area contributed by atoms with Crippen molar-refractivity contribution in [3.05, 3.63) is 35.4 Å². The summed E-state index contributed by atoms with van der Waals surface area (Å²) in [7, 11) is 0. The number of aryl methyl sites for hydroxylation is 1. The maximum Gasteiger partial charge on any atom is 0.245 e. The first-order valence-electron chi connectivity index (χ1n) is 8.48. The summed E-state index contributed by atoms with van der Waals surface area (Å²) >= 11 is 0. The SMILES string of the molecule is Cc1ccccc1CN1C(=O)CC[C@@]1(C)C(=O)NCCC(C)C. The summed E-state index contributed by atoms with van der Waals surface area (Å²) in [5.74, 6) is 0.587. The van der Waals surface area contributed by atoms with Crippen LogP contribution in [-0.4, -0.2) is 28.8 Å². The van der Waals surface area contributed by atoms with Crippen LogP contribution in [0.2, 0.25) is 0 Å². The molecule has 1 aromatic carbocycles. The van der Waals surface area contributed by atoms with E-state index in [1.165, 1.54) is 0 Å². The molecule has 4 heteroatoms. The van der Waals surface area contributed by atoms with Crippen molar-refractivity contribution in [1.29, 1.82) is 0 Å². The monoisotopic (exact) mass is 316 g/mol. The van der Waals surface area contributed by atoms with Gasteiger partial charge in [0.25, 0.3) is 0 Å². The zero-order chi connectivity index (χ0) is 17.0. The lowest BCUT2D eigenvalue weighted by Gasteiger charge is -2.34. The molecule has 1 N–H and O–H groups in total. The highest BCUT2D eigenvalue weighted by molar-refractivity contribution is 5.94. The van der Waals surface area contributed by atoms with Gasteiger partial charge >= 0.3 is 0 Å². The Morgan fingerprint density at radius 2 is 2.04 bits per heavy atom. The molecule has 4 nitrogen and oxygen atoms in total. The van der Waals surface area contributed by atoms with Gasteiger partial charge in [-0.05, 0) is 43.7 Å². The molecule has 2 rings (SSSR count). The van der Waals surface area contributed by atoms with Crippen LogP contribution in [0.1, 0.15) is 51.2 Å². The predicted molar refractivity (Wildman–Crippen MR) is 91.8 cm³/mol. The largest absolute Gasteiger partial charge is 0.354 e.